The van der Waals surface area contributed by atoms with Gasteiger partial charge >= 0.3 is 0 Å². The minimum atomic E-state index is -1.05. The largest absolute Gasteiger partial charge is 0.392 e. The second-order valence-electron chi connectivity index (χ2n) is 40.5. The molecule has 0 aromatic heterocycles. The third-order valence-electron chi connectivity index (χ3n) is 26.9. The van der Waals surface area contributed by atoms with Crippen molar-refractivity contribution in [2.24, 2.45) is 11.8 Å². The molecule has 10 atom stereocenters. The third kappa shape index (κ3) is 89.4. The normalized spacial score (nSPS) is 14.4. The third-order valence-corrected chi connectivity index (χ3v) is 31.0. The van der Waals surface area contributed by atoms with E-state index in [0.29, 0.717) is 127 Å². The number of rotatable bonds is 106. The lowest BCUT2D eigenvalue weighted by Crippen LogP contribution is -2.38. The Kier molecular flexibility index (Phi) is 99.4. The minimum Gasteiger partial charge on any atom is -0.392 e. The van der Waals surface area contributed by atoms with Crippen molar-refractivity contribution in [3.05, 3.63) is 0 Å². The van der Waals surface area contributed by atoms with Crippen LogP contribution in [0.5, 0.6) is 0 Å². The molecule has 0 heterocycles. The molecular formula is C111H220N4O12S4. The van der Waals surface area contributed by atoms with Gasteiger partial charge in [-0.2, -0.15) is 0 Å². The molecular weight excluding hydrogens is 1710 g/mol. The van der Waals surface area contributed by atoms with Crippen LogP contribution in [0.2, 0.25) is 0 Å². The summed E-state index contributed by atoms with van der Waals surface area (Å²) in [6.07, 6.45) is 73.2. The highest BCUT2D eigenvalue weighted by molar-refractivity contribution is 8.15. The van der Waals surface area contributed by atoms with Gasteiger partial charge in [0.05, 0.1) is 48.8 Å². The number of nitrogens with zero attached hydrogens (tertiary/aromatic N) is 4. The standard InChI is InChI=1S/C111H220N4O12S4/c1-9-16-23-30-37-44-51-58-73-99(117)91-112(90-98(8)116)80-65-69-84-128-108(124)88-106(110(126)130-86-71-67-82-114(94-102(120)76-61-54-47-40-33-26-19-12-4)95-103(121)77-62-55-48-41-34-27-20-13-5)107(111(127)131-87-72-68-83-115(96-104(122)78-63-56-49-42-35-28-21-14-6)97-105(123)79-64-57-50-43-36-29-22-15-7)89-109(125)129-85-70-66-81-113(92-100(118)74-59-52-45-38-31-24-17-10-2)93-101(119)75-60-53-46-39-32-25-18-11-3/h98-107,116-123H,9-97H2,1-8H3. The number of aliphatic hydroxyl groups excluding tert-OH is 8. The van der Waals surface area contributed by atoms with Gasteiger partial charge in [-0.05, 0) is 129 Å². The number of carbonyl (C=O) groups excluding carboxylic acids is 4. The van der Waals surface area contributed by atoms with E-state index in [1.54, 1.807) is 6.92 Å². The summed E-state index contributed by atoms with van der Waals surface area (Å²) >= 11 is 4.72. The Morgan fingerprint density at radius 3 is 0.519 bits per heavy atom. The van der Waals surface area contributed by atoms with Crippen LogP contribution >= 0.6 is 47.0 Å². The molecule has 0 amide bonds. The van der Waals surface area contributed by atoms with E-state index in [9.17, 15) is 50.4 Å². The smallest absolute Gasteiger partial charge is 0.193 e. The number of thioether (sulfide) groups is 4. The van der Waals surface area contributed by atoms with E-state index < -0.39 is 60.7 Å². The Bertz CT molecular complexity index is 2330. The summed E-state index contributed by atoms with van der Waals surface area (Å²) in [6, 6.07) is 0. The average Bonchev–Trinajstić information content (AvgIpc) is 0.843. The van der Waals surface area contributed by atoms with E-state index in [4.69, 9.17) is 0 Å². The van der Waals surface area contributed by atoms with Crippen LogP contribution in [0.4, 0.5) is 0 Å². The molecule has 0 aromatic rings. The van der Waals surface area contributed by atoms with Gasteiger partial charge in [0.25, 0.3) is 0 Å². The lowest BCUT2D eigenvalue weighted by Gasteiger charge is -2.28. The summed E-state index contributed by atoms with van der Waals surface area (Å²) in [7, 11) is 0. The van der Waals surface area contributed by atoms with Gasteiger partial charge in [0.1, 0.15) is 0 Å². The van der Waals surface area contributed by atoms with Crippen LogP contribution in [-0.2, 0) is 19.2 Å². The van der Waals surface area contributed by atoms with E-state index in [1.807, 2.05) is 0 Å². The molecule has 0 fully saturated rings. The molecule has 0 aromatic carbocycles. The number of unbranched alkanes of at least 4 members (excludes halogenated alkanes) is 53. The lowest BCUT2D eigenvalue weighted by molar-refractivity contribution is -0.127. The van der Waals surface area contributed by atoms with Crippen LogP contribution in [-0.4, -0.2) is 231 Å². The van der Waals surface area contributed by atoms with Gasteiger partial charge in [-0.25, -0.2) is 0 Å². The molecule has 780 valence electrons. The van der Waals surface area contributed by atoms with E-state index in [2.05, 4.69) is 68.1 Å². The lowest BCUT2D eigenvalue weighted by atomic mass is 9.89. The maximum atomic E-state index is 15.4. The predicted molar refractivity (Wildman–Crippen MR) is 573 cm³/mol. The van der Waals surface area contributed by atoms with E-state index in [1.165, 1.54) is 317 Å². The predicted octanol–water partition coefficient (Wildman–Crippen LogP) is 28.0. The van der Waals surface area contributed by atoms with Crippen molar-refractivity contribution in [3.8, 4) is 0 Å². The SMILES string of the molecule is CCCCCCCCCCC(O)CN(CCCCSC(=O)CC(C(=O)SCCCCN(CC(O)CCCCCCCCCC)CC(O)CCCCCCCCCC)C(CC(=O)SCCCCN(CC(O)CCCCCCCCCC)CC(O)CCCCCCCCCC)C(=O)SCCCCN(CC(O)CCCCCCCCCC)CC(O)CCCCCCCCCC)CC(C)O. The first-order valence-electron chi connectivity index (χ1n) is 56.7. The number of carbonyl (C=O) groups is 4. The van der Waals surface area contributed by atoms with Crippen molar-refractivity contribution in [3.63, 3.8) is 0 Å². The van der Waals surface area contributed by atoms with E-state index >= 15 is 9.59 Å². The molecule has 0 aliphatic carbocycles. The zero-order chi connectivity index (χ0) is 96.2. The Balaban J connectivity index is 7.39. The first kappa shape index (κ1) is 131. The van der Waals surface area contributed by atoms with Gasteiger partial charge in [-0.1, -0.05) is 455 Å². The molecule has 0 aliphatic heterocycles. The van der Waals surface area contributed by atoms with Crippen LogP contribution in [0.15, 0.2) is 0 Å². The molecule has 0 aliphatic rings. The molecule has 8 N–H and O–H groups in total. The molecule has 0 bridgehead atoms. The molecule has 20 heteroatoms. The van der Waals surface area contributed by atoms with Gasteiger partial charge in [0.2, 0.25) is 0 Å². The molecule has 0 spiro atoms. The summed E-state index contributed by atoms with van der Waals surface area (Å²) < 4.78 is 0. The van der Waals surface area contributed by atoms with Gasteiger partial charge in [0.15, 0.2) is 20.5 Å². The molecule has 16 nitrogen and oxygen atoms in total. The summed E-state index contributed by atoms with van der Waals surface area (Å²) in [6.45, 7) is 23.9. The zero-order valence-corrected chi connectivity index (χ0v) is 90.6. The fourth-order valence-electron chi connectivity index (χ4n) is 18.7. The monoisotopic (exact) mass is 1930 g/mol. The fraction of sp³-hybridized carbons (Fsp3) is 0.964. The van der Waals surface area contributed by atoms with E-state index in [0.717, 1.165) is 161 Å². The highest BCUT2D eigenvalue weighted by Crippen LogP contribution is 2.35. The summed E-state index contributed by atoms with van der Waals surface area (Å²) in [5.74, 6) is -0.215. The van der Waals surface area contributed by atoms with Crippen molar-refractivity contribution < 1.29 is 60.0 Å². The minimum absolute atomic E-state index is 0.184. The van der Waals surface area contributed by atoms with Crippen molar-refractivity contribution >= 4 is 67.5 Å². The van der Waals surface area contributed by atoms with Crippen molar-refractivity contribution in [2.45, 2.75) is 573 Å². The molecule has 10 unspecified atom stereocenters. The van der Waals surface area contributed by atoms with Crippen LogP contribution in [0.1, 0.15) is 524 Å². The first-order chi connectivity index (χ1) is 63.7. The summed E-state index contributed by atoms with van der Waals surface area (Å²) in [5, 5.41) is 90.0. The maximum absolute atomic E-state index is 15.4. The zero-order valence-electron chi connectivity index (χ0n) is 87.3. The molecule has 0 radical (unpaired) electrons. The van der Waals surface area contributed by atoms with Gasteiger partial charge in [0, 0.05) is 100 Å². The Hall–Kier alpha value is -0.400. The fourth-order valence-corrected chi connectivity index (χ4v) is 22.4. The highest BCUT2D eigenvalue weighted by atomic mass is 32.2. The molecule has 0 saturated carbocycles. The van der Waals surface area contributed by atoms with Crippen LogP contribution in [0.25, 0.3) is 0 Å². The summed E-state index contributed by atoms with van der Waals surface area (Å²) in [4.78, 5) is 69.2. The quantitative estimate of drug-likeness (QED) is 0.0264. The molecule has 0 rings (SSSR count). The average molecular weight is 1930 g/mol. The van der Waals surface area contributed by atoms with Gasteiger partial charge < -0.3 is 40.9 Å². The van der Waals surface area contributed by atoms with Crippen LogP contribution in [0, 0.1) is 11.8 Å². The number of hydrogen-bond acceptors (Lipinski definition) is 20. The first-order valence-corrected chi connectivity index (χ1v) is 60.7. The van der Waals surface area contributed by atoms with E-state index in [-0.39, 0.29) is 33.3 Å². The second kappa shape index (κ2) is 99.7. The molecule has 131 heavy (non-hydrogen) atoms. The van der Waals surface area contributed by atoms with Gasteiger partial charge in [-0.3, -0.25) is 38.8 Å². The van der Waals surface area contributed by atoms with Crippen LogP contribution < -0.4 is 0 Å². The topological polar surface area (TPSA) is 243 Å². The maximum Gasteiger partial charge on any atom is 0.193 e. The second-order valence-corrected chi connectivity index (χ2v) is 45.0. The van der Waals surface area contributed by atoms with Crippen molar-refractivity contribution in [2.75, 3.05) is 102 Å². The Morgan fingerprint density at radius 2 is 0.351 bits per heavy atom. The van der Waals surface area contributed by atoms with Gasteiger partial charge in [-0.15, -0.1) is 0 Å². The van der Waals surface area contributed by atoms with Crippen LogP contribution in [0.3, 0.4) is 0 Å². The summed E-state index contributed by atoms with van der Waals surface area (Å²) in [5.41, 5.74) is 0. The molecule has 0 saturated heterocycles. The number of aliphatic hydroxyl groups is 8. The van der Waals surface area contributed by atoms with Crippen molar-refractivity contribution in [1.29, 1.82) is 0 Å². The number of hydrogen-bond donors (Lipinski definition) is 8. The highest BCUT2D eigenvalue weighted by Gasteiger charge is 2.38. The Morgan fingerprint density at radius 1 is 0.198 bits per heavy atom. The van der Waals surface area contributed by atoms with Crippen molar-refractivity contribution in [1.82, 2.24) is 19.6 Å². The Labute approximate surface area is 827 Å².